The smallest absolute Gasteiger partial charge is 0.416 e. The number of benzene rings is 2. The zero-order chi connectivity index (χ0) is 28.9. The van der Waals surface area contributed by atoms with Gasteiger partial charge in [-0.1, -0.05) is 18.2 Å². The lowest BCUT2D eigenvalue weighted by Crippen LogP contribution is -2.37. The number of ether oxygens (including phenoxy) is 2. The number of nitro groups is 1. The van der Waals surface area contributed by atoms with E-state index in [1.165, 1.54) is 30.4 Å². The van der Waals surface area contributed by atoms with Gasteiger partial charge in [-0.25, -0.2) is 0 Å². The molecule has 4 rings (SSSR count). The van der Waals surface area contributed by atoms with Crippen molar-refractivity contribution < 1.29 is 37.5 Å². The number of nitrogens with one attached hydrogen (secondary N) is 2. The number of carbonyl (C=O) groups excluding carboxylic acids is 1. The highest BCUT2D eigenvalue weighted by Gasteiger charge is 2.32. The molecule has 0 atom stereocenters. The molecule has 0 spiro atoms. The number of aromatic nitrogens is 2. The van der Waals surface area contributed by atoms with Crippen LogP contribution in [0.4, 0.5) is 30.2 Å². The van der Waals surface area contributed by atoms with Gasteiger partial charge in [-0.2, -0.15) is 18.2 Å². The van der Waals surface area contributed by atoms with Crippen LogP contribution in [0.15, 0.2) is 47.3 Å². The van der Waals surface area contributed by atoms with Crippen LogP contribution in [-0.2, 0) is 15.7 Å². The Bertz CT molecular complexity index is 1480. The molecule has 2 heterocycles. The highest BCUT2D eigenvalue weighted by molar-refractivity contribution is 5.95. The van der Waals surface area contributed by atoms with E-state index < -0.39 is 46.3 Å². The maximum atomic E-state index is 13.3. The van der Waals surface area contributed by atoms with Crippen molar-refractivity contribution in [2.45, 2.75) is 6.18 Å². The van der Waals surface area contributed by atoms with Crippen LogP contribution in [0.3, 0.4) is 0 Å². The Kier molecular flexibility index (Phi) is 8.33. The Morgan fingerprint density at radius 2 is 1.90 bits per heavy atom. The topological polar surface area (TPSA) is 160 Å². The number of hydrogen-bond donors (Lipinski definition) is 3. The molecule has 210 valence electrons. The highest BCUT2D eigenvalue weighted by Crippen LogP contribution is 2.35. The van der Waals surface area contributed by atoms with Gasteiger partial charge in [0.1, 0.15) is 11.6 Å². The van der Waals surface area contributed by atoms with Gasteiger partial charge in [0.25, 0.3) is 11.8 Å². The Morgan fingerprint density at radius 1 is 1.20 bits per heavy atom. The first-order valence-electron chi connectivity index (χ1n) is 11.7. The molecule has 0 aliphatic carbocycles. The molecular formula is C25H22F3N5O7. The third-order valence-electron chi connectivity index (χ3n) is 5.71. The molecule has 0 bridgehead atoms. The number of nitrogens with zero attached hydrogens (tertiary/aromatic N) is 3. The van der Waals surface area contributed by atoms with Gasteiger partial charge in [0, 0.05) is 13.1 Å². The fourth-order valence-electron chi connectivity index (χ4n) is 3.79. The van der Waals surface area contributed by atoms with Crippen molar-refractivity contribution in [3.8, 4) is 11.6 Å². The molecular weight excluding hydrogens is 539 g/mol. The number of alkyl halides is 3. The average molecular weight is 561 g/mol. The second-order valence-corrected chi connectivity index (χ2v) is 8.45. The van der Waals surface area contributed by atoms with Crippen LogP contribution >= 0.6 is 0 Å². The van der Waals surface area contributed by atoms with E-state index in [4.69, 9.17) is 9.47 Å². The van der Waals surface area contributed by atoms with Crippen molar-refractivity contribution in [3.05, 3.63) is 79.9 Å². The average Bonchev–Trinajstić information content (AvgIpc) is 2.90. The number of H-pyrrole nitrogens is 1. The number of hydrogen-bond acceptors (Lipinski definition) is 9. The second kappa shape index (κ2) is 11.9. The van der Waals surface area contributed by atoms with Crippen molar-refractivity contribution in [3.63, 3.8) is 0 Å². The number of amides is 1. The molecule has 0 radical (unpaired) electrons. The van der Waals surface area contributed by atoms with Gasteiger partial charge >= 0.3 is 17.4 Å². The Hall–Kier alpha value is -4.92. The maximum Gasteiger partial charge on any atom is 0.416 e. The molecule has 1 aromatic heterocycles. The van der Waals surface area contributed by atoms with Gasteiger partial charge in [0.15, 0.2) is 6.61 Å². The van der Waals surface area contributed by atoms with Crippen molar-refractivity contribution in [1.29, 1.82) is 0 Å². The van der Waals surface area contributed by atoms with Crippen molar-refractivity contribution >= 4 is 35.1 Å². The zero-order valence-electron chi connectivity index (χ0n) is 20.6. The molecule has 1 fully saturated rings. The van der Waals surface area contributed by atoms with E-state index in [2.05, 4.69) is 15.3 Å². The summed E-state index contributed by atoms with van der Waals surface area (Å²) in [6.07, 6.45) is -1.77. The second-order valence-electron chi connectivity index (χ2n) is 8.45. The van der Waals surface area contributed by atoms with Crippen molar-refractivity contribution in [2.24, 2.45) is 0 Å². The Labute approximate surface area is 223 Å². The summed E-state index contributed by atoms with van der Waals surface area (Å²) in [5, 5.41) is 22.9. The number of morpholine rings is 1. The van der Waals surface area contributed by atoms with Gasteiger partial charge in [-0.05, 0) is 42.0 Å². The fourth-order valence-corrected chi connectivity index (χ4v) is 3.79. The first kappa shape index (κ1) is 28.1. The third-order valence-corrected chi connectivity index (χ3v) is 5.71. The van der Waals surface area contributed by atoms with Crippen LogP contribution in [0.5, 0.6) is 11.6 Å². The van der Waals surface area contributed by atoms with Crippen LogP contribution in [0.25, 0.3) is 12.2 Å². The zero-order valence-corrected chi connectivity index (χ0v) is 20.6. The molecule has 1 saturated heterocycles. The van der Waals surface area contributed by atoms with Crippen LogP contribution in [0, 0.1) is 10.1 Å². The van der Waals surface area contributed by atoms with Crippen LogP contribution in [0.1, 0.15) is 17.0 Å². The molecule has 12 nitrogen and oxygen atoms in total. The predicted octanol–water partition coefficient (Wildman–Crippen LogP) is 3.43. The lowest BCUT2D eigenvalue weighted by Gasteiger charge is -2.31. The van der Waals surface area contributed by atoms with Crippen molar-refractivity contribution in [2.75, 3.05) is 43.1 Å². The van der Waals surface area contributed by atoms with Crippen molar-refractivity contribution in [1.82, 2.24) is 9.97 Å². The molecule has 40 heavy (non-hydrogen) atoms. The summed E-state index contributed by atoms with van der Waals surface area (Å²) >= 11 is 0. The van der Waals surface area contributed by atoms with E-state index in [9.17, 15) is 38.0 Å². The normalized spacial score (nSPS) is 13.8. The fraction of sp³-hybridized carbons (Fsp3) is 0.240. The third kappa shape index (κ3) is 6.93. The predicted molar refractivity (Wildman–Crippen MR) is 137 cm³/mol. The number of aromatic amines is 1. The van der Waals surface area contributed by atoms with Gasteiger partial charge in [-0.15, -0.1) is 0 Å². The number of aromatic hydroxyl groups is 1. The first-order chi connectivity index (χ1) is 19.0. The summed E-state index contributed by atoms with van der Waals surface area (Å²) in [5.41, 5.74) is -2.02. The number of rotatable bonds is 8. The van der Waals surface area contributed by atoms with E-state index in [1.807, 2.05) is 4.90 Å². The molecule has 1 amide bonds. The summed E-state index contributed by atoms with van der Waals surface area (Å²) in [6.45, 7) is 1.27. The van der Waals surface area contributed by atoms with E-state index in [0.29, 0.717) is 43.3 Å². The summed E-state index contributed by atoms with van der Waals surface area (Å²) in [5.74, 6) is -1.50. The standard InChI is InChI=1S/C25H22F3N5O7/c26-25(27,28)16-4-7-19(32-9-11-39-12-10-32)18(13-16)29-21(34)14-40-17-5-1-15(2-6-17)3-8-20-30-23(35)22(33(37)38)24(36)31-20/h1-8,13H,9-12,14H2,(H,29,34)(H2,30,31,35,36)/b8-3+. The van der Waals surface area contributed by atoms with E-state index in [1.54, 1.807) is 12.1 Å². The molecule has 1 aliphatic heterocycles. The minimum atomic E-state index is -4.58. The van der Waals surface area contributed by atoms with E-state index in [-0.39, 0.29) is 11.5 Å². The quantitative estimate of drug-likeness (QED) is 0.277. The highest BCUT2D eigenvalue weighted by atomic mass is 19.4. The Balaban J connectivity index is 1.39. The van der Waals surface area contributed by atoms with Gasteiger partial charge in [0.05, 0.1) is 35.1 Å². The number of anilines is 2. The molecule has 0 unspecified atom stereocenters. The summed E-state index contributed by atoms with van der Waals surface area (Å²) in [6, 6.07) is 9.41. The maximum absolute atomic E-state index is 13.3. The van der Waals surface area contributed by atoms with Gasteiger partial charge < -0.3 is 29.8 Å². The van der Waals surface area contributed by atoms with Crippen LogP contribution in [-0.4, -0.2) is 58.8 Å². The molecule has 3 N–H and O–H groups in total. The van der Waals surface area contributed by atoms with Crippen LogP contribution < -0.4 is 20.5 Å². The van der Waals surface area contributed by atoms with Gasteiger partial charge in [0.2, 0.25) is 0 Å². The number of carbonyl (C=O) groups is 1. The first-order valence-corrected chi connectivity index (χ1v) is 11.7. The van der Waals surface area contributed by atoms with E-state index in [0.717, 1.165) is 12.1 Å². The molecule has 15 heteroatoms. The molecule has 0 saturated carbocycles. The Morgan fingerprint density at radius 3 is 2.52 bits per heavy atom. The summed E-state index contributed by atoms with van der Waals surface area (Å²) < 4.78 is 50.6. The van der Waals surface area contributed by atoms with Crippen LogP contribution in [0.2, 0.25) is 0 Å². The monoisotopic (exact) mass is 561 g/mol. The summed E-state index contributed by atoms with van der Waals surface area (Å²) in [7, 11) is 0. The van der Waals surface area contributed by atoms with Gasteiger partial charge in [-0.3, -0.25) is 19.7 Å². The minimum Gasteiger partial charge on any atom is -0.488 e. The number of halogens is 3. The molecule has 2 aromatic carbocycles. The SMILES string of the molecule is O=C(COc1ccc(/C=C/c2nc(O)c([N+](=O)[O-])c(=O)[nH]2)cc1)Nc1cc(C(F)(F)F)ccc1N1CCOCC1. The summed E-state index contributed by atoms with van der Waals surface area (Å²) in [4.78, 5) is 41.6. The largest absolute Gasteiger partial charge is 0.488 e. The molecule has 3 aromatic rings. The van der Waals surface area contributed by atoms with E-state index >= 15 is 0 Å². The lowest BCUT2D eigenvalue weighted by atomic mass is 10.1. The molecule has 1 aliphatic rings. The minimum absolute atomic E-state index is 0.00902. The lowest BCUT2D eigenvalue weighted by molar-refractivity contribution is -0.387.